The van der Waals surface area contributed by atoms with Crippen LogP contribution in [-0.4, -0.2) is 25.7 Å². The summed E-state index contributed by atoms with van der Waals surface area (Å²) in [6.07, 6.45) is 2.77. The van der Waals surface area contributed by atoms with Crippen molar-refractivity contribution in [3.05, 3.63) is 30.2 Å². The van der Waals surface area contributed by atoms with Crippen LogP contribution in [0.3, 0.4) is 0 Å². The molecule has 5 heteroatoms. The average Bonchev–Trinajstić information content (AvgIpc) is 2.96. The monoisotopic (exact) mass is 276 g/mol. The maximum absolute atomic E-state index is 5.52. The van der Waals surface area contributed by atoms with Crippen LogP contribution >= 0.6 is 0 Å². The number of ether oxygens (including phenoxy) is 2. The number of hydrogen-bond donors (Lipinski definition) is 1. The SMILES string of the molecule is CCCNCc1coc(-c2cc(OC)cc(OC)c2)n1. The molecule has 0 unspecified atom stereocenters. The molecule has 0 saturated carbocycles. The molecule has 0 spiro atoms. The van der Waals surface area contributed by atoms with Gasteiger partial charge in [-0.3, -0.25) is 0 Å². The molecule has 0 fully saturated rings. The summed E-state index contributed by atoms with van der Waals surface area (Å²) in [4.78, 5) is 4.46. The van der Waals surface area contributed by atoms with E-state index < -0.39 is 0 Å². The molecule has 2 aromatic rings. The van der Waals surface area contributed by atoms with E-state index >= 15 is 0 Å². The third-order valence-corrected chi connectivity index (χ3v) is 2.88. The van der Waals surface area contributed by atoms with Crippen molar-refractivity contribution in [2.75, 3.05) is 20.8 Å². The highest BCUT2D eigenvalue weighted by Gasteiger charge is 2.10. The van der Waals surface area contributed by atoms with Crippen molar-refractivity contribution >= 4 is 0 Å². The number of methoxy groups -OCH3 is 2. The zero-order chi connectivity index (χ0) is 14.4. The lowest BCUT2D eigenvalue weighted by Crippen LogP contribution is -2.13. The summed E-state index contributed by atoms with van der Waals surface area (Å²) < 4.78 is 16.0. The molecule has 0 bridgehead atoms. The van der Waals surface area contributed by atoms with Crippen LogP contribution < -0.4 is 14.8 Å². The zero-order valence-corrected chi connectivity index (χ0v) is 12.1. The third kappa shape index (κ3) is 3.51. The van der Waals surface area contributed by atoms with Gasteiger partial charge in [0.05, 0.1) is 19.9 Å². The molecule has 0 aliphatic rings. The van der Waals surface area contributed by atoms with Gasteiger partial charge >= 0.3 is 0 Å². The lowest BCUT2D eigenvalue weighted by molar-refractivity contribution is 0.394. The second kappa shape index (κ2) is 6.96. The first kappa shape index (κ1) is 14.4. The van der Waals surface area contributed by atoms with Gasteiger partial charge in [-0.2, -0.15) is 0 Å². The van der Waals surface area contributed by atoms with E-state index in [1.165, 1.54) is 0 Å². The summed E-state index contributed by atoms with van der Waals surface area (Å²) in [5.41, 5.74) is 1.72. The Hall–Kier alpha value is -2.01. The summed E-state index contributed by atoms with van der Waals surface area (Å²) in [5.74, 6) is 1.99. The summed E-state index contributed by atoms with van der Waals surface area (Å²) in [6, 6.07) is 5.56. The van der Waals surface area contributed by atoms with Crippen molar-refractivity contribution < 1.29 is 13.9 Å². The molecule has 20 heavy (non-hydrogen) atoms. The van der Waals surface area contributed by atoms with Gasteiger partial charge in [0, 0.05) is 18.2 Å². The van der Waals surface area contributed by atoms with E-state index in [2.05, 4.69) is 17.2 Å². The minimum Gasteiger partial charge on any atom is -0.497 e. The van der Waals surface area contributed by atoms with Crippen LogP contribution in [0.4, 0.5) is 0 Å². The molecule has 0 aliphatic heterocycles. The first-order valence-electron chi connectivity index (χ1n) is 6.65. The number of aromatic nitrogens is 1. The number of nitrogens with zero attached hydrogens (tertiary/aromatic N) is 1. The van der Waals surface area contributed by atoms with Crippen LogP contribution in [0.15, 0.2) is 28.9 Å². The van der Waals surface area contributed by atoms with E-state index in [0.29, 0.717) is 23.9 Å². The summed E-state index contributed by atoms with van der Waals surface area (Å²) >= 11 is 0. The smallest absolute Gasteiger partial charge is 0.226 e. The van der Waals surface area contributed by atoms with Crippen molar-refractivity contribution in [2.45, 2.75) is 19.9 Å². The van der Waals surface area contributed by atoms with Crippen molar-refractivity contribution in [3.8, 4) is 23.0 Å². The molecular formula is C15H20N2O3. The Morgan fingerprint density at radius 1 is 1.15 bits per heavy atom. The first-order valence-corrected chi connectivity index (χ1v) is 6.65. The summed E-state index contributed by atoms with van der Waals surface area (Å²) in [6.45, 7) is 3.80. The number of rotatable bonds is 7. The lowest BCUT2D eigenvalue weighted by atomic mass is 10.2. The van der Waals surface area contributed by atoms with Crippen molar-refractivity contribution in [1.82, 2.24) is 10.3 Å². The van der Waals surface area contributed by atoms with Crippen LogP contribution in [-0.2, 0) is 6.54 Å². The second-order valence-corrected chi connectivity index (χ2v) is 4.42. The normalized spacial score (nSPS) is 10.6. The van der Waals surface area contributed by atoms with E-state index in [-0.39, 0.29) is 0 Å². The number of nitrogens with one attached hydrogen (secondary N) is 1. The Kier molecular flexibility index (Phi) is 5.01. The summed E-state index contributed by atoms with van der Waals surface area (Å²) in [5, 5.41) is 3.29. The van der Waals surface area contributed by atoms with Gasteiger partial charge in [0.15, 0.2) is 0 Å². The highest BCUT2D eigenvalue weighted by molar-refractivity contribution is 5.59. The zero-order valence-electron chi connectivity index (χ0n) is 12.1. The summed E-state index contributed by atoms with van der Waals surface area (Å²) in [7, 11) is 3.24. The Balaban J connectivity index is 2.18. The van der Waals surface area contributed by atoms with E-state index in [9.17, 15) is 0 Å². The maximum atomic E-state index is 5.52. The Morgan fingerprint density at radius 3 is 2.45 bits per heavy atom. The average molecular weight is 276 g/mol. The van der Waals surface area contributed by atoms with Gasteiger partial charge < -0.3 is 19.2 Å². The van der Waals surface area contributed by atoms with E-state index in [4.69, 9.17) is 13.9 Å². The lowest BCUT2D eigenvalue weighted by Gasteiger charge is -2.06. The molecule has 0 radical (unpaired) electrons. The first-order chi connectivity index (χ1) is 9.76. The molecule has 0 amide bonds. The Morgan fingerprint density at radius 2 is 1.85 bits per heavy atom. The van der Waals surface area contributed by atoms with Gasteiger partial charge in [-0.15, -0.1) is 0 Å². The van der Waals surface area contributed by atoms with Crippen molar-refractivity contribution in [3.63, 3.8) is 0 Å². The van der Waals surface area contributed by atoms with Crippen LogP contribution in [0.1, 0.15) is 19.0 Å². The van der Waals surface area contributed by atoms with Crippen LogP contribution in [0.2, 0.25) is 0 Å². The topological polar surface area (TPSA) is 56.5 Å². The van der Waals surface area contributed by atoms with Gasteiger partial charge in [-0.1, -0.05) is 6.92 Å². The Labute approximate surface area is 118 Å². The molecular weight excluding hydrogens is 256 g/mol. The third-order valence-electron chi connectivity index (χ3n) is 2.88. The second-order valence-electron chi connectivity index (χ2n) is 4.42. The fourth-order valence-electron chi connectivity index (χ4n) is 1.84. The largest absolute Gasteiger partial charge is 0.497 e. The molecule has 1 aromatic carbocycles. The molecule has 0 saturated heterocycles. The molecule has 2 rings (SSSR count). The van der Waals surface area contributed by atoms with Crippen LogP contribution in [0.25, 0.3) is 11.5 Å². The molecule has 0 aliphatic carbocycles. The minimum atomic E-state index is 0.565. The van der Waals surface area contributed by atoms with Crippen molar-refractivity contribution in [2.24, 2.45) is 0 Å². The highest BCUT2D eigenvalue weighted by atomic mass is 16.5. The van der Waals surface area contributed by atoms with Gasteiger partial charge in [0.2, 0.25) is 5.89 Å². The van der Waals surface area contributed by atoms with Crippen molar-refractivity contribution in [1.29, 1.82) is 0 Å². The maximum Gasteiger partial charge on any atom is 0.226 e. The molecule has 5 nitrogen and oxygen atoms in total. The molecule has 0 atom stereocenters. The number of benzene rings is 1. The Bertz CT molecular complexity index is 530. The van der Waals surface area contributed by atoms with Gasteiger partial charge in [-0.25, -0.2) is 4.98 Å². The van der Waals surface area contributed by atoms with E-state index in [1.807, 2.05) is 18.2 Å². The molecule has 1 N–H and O–H groups in total. The van der Waals surface area contributed by atoms with Gasteiger partial charge in [-0.05, 0) is 25.1 Å². The molecule has 108 valence electrons. The van der Waals surface area contributed by atoms with Gasteiger partial charge in [0.25, 0.3) is 0 Å². The minimum absolute atomic E-state index is 0.565. The number of oxazole rings is 1. The predicted molar refractivity (Wildman–Crippen MR) is 77.0 cm³/mol. The standard InChI is InChI=1S/C15H20N2O3/c1-4-5-16-9-12-10-20-15(17-12)11-6-13(18-2)8-14(7-11)19-3/h6-8,10,16H,4-5,9H2,1-3H3. The number of hydrogen-bond acceptors (Lipinski definition) is 5. The van der Waals surface area contributed by atoms with Gasteiger partial charge in [0.1, 0.15) is 17.8 Å². The van der Waals surface area contributed by atoms with Crippen LogP contribution in [0, 0.1) is 0 Å². The highest BCUT2D eigenvalue weighted by Crippen LogP contribution is 2.29. The molecule has 1 heterocycles. The predicted octanol–water partition coefficient (Wildman–Crippen LogP) is 2.86. The van der Waals surface area contributed by atoms with E-state index in [1.54, 1.807) is 20.5 Å². The molecule has 1 aromatic heterocycles. The fraction of sp³-hybridized carbons (Fsp3) is 0.400. The van der Waals surface area contributed by atoms with Crippen LogP contribution in [0.5, 0.6) is 11.5 Å². The quantitative estimate of drug-likeness (QED) is 0.788. The van der Waals surface area contributed by atoms with E-state index in [0.717, 1.165) is 24.2 Å². The fourth-order valence-corrected chi connectivity index (χ4v) is 1.84.